The van der Waals surface area contributed by atoms with Gasteiger partial charge in [-0.15, -0.1) is 0 Å². The molecule has 0 bridgehead atoms. The maximum atomic E-state index is 12.4. The maximum absolute atomic E-state index is 12.4. The summed E-state index contributed by atoms with van der Waals surface area (Å²) >= 11 is 0. The van der Waals surface area contributed by atoms with E-state index in [9.17, 15) is 4.79 Å². The van der Waals surface area contributed by atoms with E-state index >= 15 is 0 Å². The molecule has 0 unspecified atom stereocenters. The van der Waals surface area contributed by atoms with Crippen molar-refractivity contribution in [1.82, 2.24) is 24.8 Å². The number of nitrogens with zero attached hydrogens (tertiary/aromatic N) is 4. The van der Waals surface area contributed by atoms with Crippen molar-refractivity contribution in [3.05, 3.63) is 54.4 Å². The average Bonchev–Trinajstić information content (AvgIpc) is 3.29. The second-order valence-electron chi connectivity index (χ2n) is 6.48. The minimum Gasteiger partial charge on any atom is -0.468 e. The molecule has 1 N–H and O–H groups in total. The zero-order valence-electron chi connectivity index (χ0n) is 14.0. The zero-order valence-corrected chi connectivity index (χ0v) is 14.0. The smallest absolute Gasteiger partial charge is 0.271 e. The zero-order chi connectivity index (χ0) is 17.1. The van der Waals surface area contributed by atoms with Crippen molar-refractivity contribution in [2.75, 3.05) is 19.6 Å². The molecule has 1 aliphatic rings. The average molecular weight is 339 g/mol. The number of rotatable bonds is 5. The quantitative estimate of drug-likeness (QED) is 0.769. The number of amides is 1. The van der Waals surface area contributed by atoms with Crippen LogP contribution in [0.5, 0.6) is 0 Å². The molecule has 0 spiro atoms. The number of fused-ring (bicyclic) bond motifs is 1. The van der Waals surface area contributed by atoms with E-state index in [0.717, 1.165) is 38.2 Å². The van der Waals surface area contributed by atoms with Crippen LogP contribution in [0, 0.1) is 5.92 Å². The standard InChI is InChI=1S/C18H21N5O2/c24-18(16-10-17-19-6-3-8-23(17)21-16)20-11-14-4-1-7-22(12-14)13-15-5-2-9-25-15/h2-3,5-6,8-10,14H,1,4,7,11-13H2,(H,20,24)/t14-/m1/s1. The van der Waals surface area contributed by atoms with E-state index in [4.69, 9.17) is 4.42 Å². The third kappa shape index (κ3) is 3.71. The fraction of sp³-hybridized carbons (Fsp3) is 0.389. The van der Waals surface area contributed by atoms with E-state index in [2.05, 4.69) is 20.3 Å². The van der Waals surface area contributed by atoms with E-state index in [1.165, 1.54) is 0 Å². The van der Waals surface area contributed by atoms with Gasteiger partial charge in [0.15, 0.2) is 11.3 Å². The van der Waals surface area contributed by atoms with E-state index in [1.54, 1.807) is 35.3 Å². The highest BCUT2D eigenvalue weighted by molar-refractivity contribution is 5.93. The molecule has 130 valence electrons. The fourth-order valence-electron chi connectivity index (χ4n) is 3.35. The van der Waals surface area contributed by atoms with Gasteiger partial charge in [-0.05, 0) is 43.5 Å². The molecule has 0 aliphatic carbocycles. The van der Waals surface area contributed by atoms with Crippen molar-refractivity contribution in [2.24, 2.45) is 5.92 Å². The lowest BCUT2D eigenvalue weighted by Gasteiger charge is -2.32. The summed E-state index contributed by atoms with van der Waals surface area (Å²) < 4.78 is 7.04. The Morgan fingerprint density at radius 2 is 2.36 bits per heavy atom. The van der Waals surface area contributed by atoms with Gasteiger partial charge in [-0.25, -0.2) is 9.50 Å². The lowest BCUT2D eigenvalue weighted by Crippen LogP contribution is -2.40. The van der Waals surface area contributed by atoms with Gasteiger partial charge in [-0.2, -0.15) is 5.10 Å². The summed E-state index contributed by atoms with van der Waals surface area (Å²) in [6.45, 7) is 3.53. The Balaban J connectivity index is 1.31. The summed E-state index contributed by atoms with van der Waals surface area (Å²) in [5.41, 5.74) is 1.08. The number of likely N-dealkylation sites (tertiary alicyclic amines) is 1. The highest BCUT2D eigenvalue weighted by atomic mass is 16.3. The van der Waals surface area contributed by atoms with E-state index < -0.39 is 0 Å². The van der Waals surface area contributed by atoms with Crippen LogP contribution in [0.25, 0.3) is 5.65 Å². The van der Waals surface area contributed by atoms with Crippen molar-refractivity contribution in [1.29, 1.82) is 0 Å². The van der Waals surface area contributed by atoms with Gasteiger partial charge >= 0.3 is 0 Å². The lowest BCUT2D eigenvalue weighted by atomic mass is 9.98. The molecule has 4 heterocycles. The SMILES string of the molecule is O=C(NC[C@H]1CCCN(Cc2ccco2)C1)c1cc2ncccn2n1. The third-order valence-corrected chi connectivity index (χ3v) is 4.58. The molecule has 1 atom stereocenters. The van der Waals surface area contributed by atoms with Crippen LogP contribution >= 0.6 is 0 Å². The third-order valence-electron chi connectivity index (χ3n) is 4.58. The van der Waals surface area contributed by atoms with E-state index in [-0.39, 0.29) is 5.91 Å². The van der Waals surface area contributed by atoms with Gasteiger partial charge in [0.05, 0.1) is 12.8 Å². The monoisotopic (exact) mass is 339 g/mol. The molecule has 7 heteroatoms. The van der Waals surface area contributed by atoms with E-state index in [0.29, 0.717) is 23.8 Å². The van der Waals surface area contributed by atoms with Crippen molar-refractivity contribution in [3.8, 4) is 0 Å². The molecule has 1 aliphatic heterocycles. The molecule has 4 rings (SSSR count). The van der Waals surface area contributed by atoms with E-state index in [1.807, 2.05) is 12.1 Å². The summed E-state index contributed by atoms with van der Waals surface area (Å²) in [7, 11) is 0. The number of carbonyl (C=O) groups excluding carboxylic acids is 1. The lowest BCUT2D eigenvalue weighted by molar-refractivity contribution is 0.0923. The van der Waals surface area contributed by atoms with Crippen LogP contribution in [-0.2, 0) is 6.54 Å². The number of nitrogens with one attached hydrogen (secondary N) is 1. The molecule has 1 amide bonds. The number of carbonyl (C=O) groups is 1. The van der Waals surface area contributed by atoms with Gasteiger partial charge in [0.2, 0.25) is 0 Å². The molecule has 7 nitrogen and oxygen atoms in total. The predicted molar refractivity (Wildman–Crippen MR) is 92.0 cm³/mol. The Bertz CT molecular complexity index is 809. The van der Waals surface area contributed by atoms with Gasteiger partial charge in [-0.1, -0.05) is 0 Å². The molecule has 1 fully saturated rings. The van der Waals surface area contributed by atoms with Crippen LogP contribution in [0.2, 0.25) is 0 Å². The highest BCUT2D eigenvalue weighted by Crippen LogP contribution is 2.18. The molecule has 3 aromatic heterocycles. The second-order valence-corrected chi connectivity index (χ2v) is 6.48. The molecule has 0 radical (unpaired) electrons. The summed E-state index contributed by atoms with van der Waals surface area (Å²) in [4.78, 5) is 18.9. The Hall–Kier alpha value is -2.67. The Morgan fingerprint density at radius 3 is 3.20 bits per heavy atom. The molecule has 1 saturated heterocycles. The number of hydrogen-bond donors (Lipinski definition) is 1. The first-order valence-corrected chi connectivity index (χ1v) is 8.61. The molecule has 0 saturated carbocycles. The van der Waals surface area contributed by atoms with Gasteiger partial charge in [0.1, 0.15) is 5.76 Å². The first-order chi connectivity index (χ1) is 12.3. The minimum absolute atomic E-state index is 0.145. The highest BCUT2D eigenvalue weighted by Gasteiger charge is 2.21. The van der Waals surface area contributed by atoms with Crippen LogP contribution in [0.1, 0.15) is 29.1 Å². The largest absolute Gasteiger partial charge is 0.468 e. The van der Waals surface area contributed by atoms with Crippen LogP contribution in [0.3, 0.4) is 0 Å². The Labute approximate surface area is 145 Å². The fourth-order valence-corrected chi connectivity index (χ4v) is 3.35. The number of hydrogen-bond acceptors (Lipinski definition) is 5. The molecule has 3 aromatic rings. The molecular weight excluding hydrogens is 318 g/mol. The topological polar surface area (TPSA) is 75.7 Å². The molecule has 25 heavy (non-hydrogen) atoms. The Morgan fingerprint density at radius 1 is 1.40 bits per heavy atom. The number of aromatic nitrogens is 3. The van der Waals surface area contributed by atoms with Crippen LogP contribution in [-0.4, -0.2) is 45.0 Å². The van der Waals surface area contributed by atoms with Crippen LogP contribution < -0.4 is 5.32 Å². The first kappa shape index (κ1) is 15.8. The van der Waals surface area contributed by atoms with Crippen molar-refractivity contribution >= 4 is 11.6 Å². The normalized spacial score (nSPS) is 18.5. The minimum atomic E-state index is -0.145. The molecular formula is C18H21N5O2. The maximum Gasteiger partial charge on any atom is 0.271 e. The van der Waals surface area contributed by atoms with Gasteiger partial charge in [0, 0.05) is 31.5 Å². The van der Waals surface area contributed by atoms with Crippen molar-refractivity contribution in [2.45, 2.75) is 19.4 Å². The summed E-state index contributed by atoms with van der Waals surface area (Å²) in [5, 5.41) is 7.28. The van der Waals surface area contributed by atoms with Crippen molar-refractivity contribution in [3.63, 3.8) is 0 Å². The first-order valence-electron chi connectivity index (χ1n) is 8.61. The molecule has 0 aromatic carbocycles. The summed E-state index contributed by atoms with van der Waals surface area (Å²) in [5.74, 6) is 1.29. The van der Waals surface area contributed by atoms with Gasteiger partial charge in [0.25, 0.3) is 5.91 Å². The Kier molecular flexibility index (Phi) is 4.47. The van der Waals surface area contributed by atoms with Crippen molar-refractivity contribution < 1.29 is 9.21 Å². The van der Waals surface area contributed by atoms with Crippen LogP contribution in [0.4, 0.5) is 0 Å². The summed E-state index contributed by atoms with van der Waals surface area (Å²) in [6.07, 6.45) is 7.45. The van der Waals surface area contributed by atoms with Gasteiger partial charge < -0.3 is 9.73 Å². The second kappa shape index (κ2) is 7.06. The number of piperidine rings is 1. The summed E-state index contributed by atoms with van der Waals surface area (Å²) in [6, 6.07) is 7.42. The predicted octanol–water partition coefficient (Wildman–Crippen LogP) is 1.96. The number of furan rings is 1. The van der Waals surface area contributed by atoms with Crippen LogP contribution in [0.15, 0.2) is 47.3 Å². The van der Waals surface area contributed by atoms with Gasteiger partial charge in [-0.3, -0.25) is 9.69 Å².